The molecule has 3 heteroatoms. The first-order chi connectivity index (χ1) is 8.24. The molecule has 0 spiro atoms. The highest BCUT2D eigenvalue weighted by atomic mass is 79.9. The second kappa shape index (κ2) is 6.10. The van der Waals surface area contributed by atoms with Crippen LogP contribution in [-0.4, -0.2) is 12.5 Å². The Hall–Kier alpha value is -0.210. The van der Waals surface area contributed by atoms with E-state index in [1.54, 1.807) is 0 Å². The van der Waals surface area contributed by atoms with Crippen LogP contribution in [0.3, 0.4) is 0 Å². The molecule has 0 saturated carbocycles. The summed E-state index contributed by atoms with van der Waals surface area (Å²) in [5, 5.41) is 0. The van der Waals surface area contributed by atoms with E-state index in [2.05, 4.69) is 35.0 Å². The summed E-state index contributed by atoms with van der Waals surface area (Å²) in [6, 6.07) is 4.35. The summed E-state index contributed by atoms with van der Waals surface area (Å²) in [6.07, 6.45) is 4.43. The van der Waals surface area contributed by atoms with Gasteiger partial charge in [-0.15, -0.1) is 11.6 Å². The van der Waals surface area contributed by atoms with E-state index in [1.165, 1.54) is 24.0 Å². The fourth-order valence-electron chi connectivity index (χ4n) is 2.45. The summed E-state index contributed by atoms with van der Waals surface area (Å²) in [4.78, 5) is 0. The van der Waals surface area contributed by atoms with E-state index in [0.717, 1.165) is 35.6 Å². The van der Waals surface area contributed by atoms with Crippen LogP contribution >= 0.6 is 27.5 Å². The van der Waals surface area contributed by atoms with Gasteiger partial charge in [0.25, 0.3) is 0 Å². The van der Waals surface area contributed by atoms with Crippen LogP contribution in [-0.2, 0) is 12.8 Å². The quantitative estimate of drug-likeness (QED) is 0.722. The molecule has 0 amide bonds. The minimum atomic E-state index is 0.560. The van der Waals surface area contributed by atoms with Gasteiger partial charge < -0.3 is 4.74 Å². The van der Waals surface area contributed by atoms with Crippen LogP contribution in [0.1, 0.15) is 30.9 Å². The summed E-state index contributed by atoms with van der Waals surface area (Å²) in [5.41, 5.74) is 2.64. The Morgan fingerprint density at radius 3 is 3.00 bits per heavy atom. The van der Waals surface area contributed by atoms with Crippen molar-refractivity contribution in [1.29, 1.82) is 0 Å². The predicted molar refractivity (Wildman–Crippen MR) is 76.2 cm³/mol. The van der Waals surface area contributed by atoms with E-state index in [-0.39, 0.29) is 0 Å². The average molecular weight is 318 g/mol. The van der Waals surface area contributed by atoms with Gasteiger partial charge in [-0.2, -0.15) is 0 Å². The highest BCUT2D eigenvalue weighted by Gasteiger charge is 2.19. The molecule has 0 bridgehead atoms. The Bertz CT molecular complexity index is 392. The van der Waals surface area contributed by atoms with Crippen LogP contribution in [0, 0.1) is 5.92 Å². The van der Waals surface area contributed by atoms with Gasteiger partial charge in [-0.3, -0.25) is 0 Å². The fraction of sp³-hybridized carbons (Fsp3) is 0.571. The van der Waals surface area contributed by atoms with Crippen LogP contribution in [0.2, 0.25) is 0 Å². The van der Waals surface area contributed by atoms with E-state index >= 15 is 0 Å². The molecule has 0 saturated heterocycles. The largest absolute Gasteiger partial charge is 0.493 e. The van der Waals surface area contributed by atoms with E-state index in [1.807, 2.05) is 0 Å². The predicted octanol–water partition coefficient (Wildman–Crippen LogP) is 4.58. The maximum absolute atomic E-state index is 6.03. The number of fused-ring (bicyclic) bond motifs is 1. The van der Waals surface area contributed by atoms with Crippen LogP contribution in [0.25, 0.3) is 0 Å². The second-order valence-electron chi connectivity index (χ2n) is 4.66. The van der Waals surface area contributed by atoms with E-state index < -0.39 is 0 Å². The third-order valence-corrected chi connectivity index (χ3v) is 4.14. The zero-order chi connectivity index (χ0) is 12.3. The minimum absolute atomic E-state index is 0.560. The molecule has 1 nitrogen and oxygen atoms in total. The van der Waals surface area contributed by atoms with Gasteiger partial charge in [0.1, 0.15) is 5.75 Å². The monoisotopic (exact) mass is 316 g/mol. The van der Waals surface area contributed by atoms with Crippen molar-refractivity contribution < 1.29 is 4.74 Å². The highest BCUT2D eigenvalue weighted by Crippen LogP contribution is 2.35. The number of rotatable bonds is 5. The first-order valence-electron chi connectivity index (χ1n) is 6.24. The Morgan fingerprint density at radius 1 is 1.47 bits per heavy atom. The first-order valence-corrected chi connectivity index (χ1v) is 7.57. The van der Waals surface area contributed by atoms with Gasteiger partial charge in [0.15, 0.2) is 0 Å². The summed E-state index contributed by atoms with van der Waals surface area (Å²) in [6.45, 7) is 3.03. The number of benzene rings is 1. The second-order valence-corrected chi connectivity index (χ2v) is 5.89. The van der Waals surface area contributed by atoms with E-state index in [0.29, 0.717) is 5.92 Å². The summed E-state index contributed by atoms with van der Waals surface area (Å²) in [5.74, 6) is 2.40. The number of hydrogen-bond donors (Lipinski definition) is 0. The van der Waals surface area contributed by atoms with Gasteiger partial charge in [0.2, 0.25) is 0 Å². The first kappa shape index (κ1) is 13.2. The molecule has 17 heavy (non-hydrogen) atoms. The molecule has 0 fully saturated rings. The van der Waals surface area contributed by atoms with Crippen LogP contribution in [0.4, 0.5) is 0 Å². The van der Waals surface area contributed by atoms with Gasteiger partial charge in [0.05, 0.1) is 6.61 Å². The molecule has 1 aromatic carbocycles. The summed E-state index contributed by atoms with van der Waals surface area (Å²) >= 11 is 9.61. The maximum Gasteiger partial charge on any atom is 0.125 e. The lowest BCUT2D eigenvalue weighted by Gasteiger charge is -2.15. The molecular weight excluding hydrogens is 300 g/mol. The lowest BCUT2D eigenvalue weighted by molar-refractivity contribution is 0.351. The lowest BCUT2D eigenvalue weighted by atomic mass is 9.95. The highest BCUT2D eigenvalue weighted by molar-refractivity contribution is 9.10. The van der Waals surface area contributed by atoms with E-state index in [4.69, 9.17) is 16.3 Å². The molecule has 1 atom stereocenters. The van der Waals surface area contributed by atoms with Crippen molar-refractivity contribution in [2.24, 2.45) is 5.92 Å². The van der Waals surface area contributed by atoms with Crippen molar-refractivity contribution in [3.8, 4) is 5.75 Å². The molecule has 1 aliphatic heterocycles. The zero-order valence-corrected chi connectivity index (χ0v) is 12.5. The minimum Gasteiger partial charge on any atom is -0.493 e. The molecule has 1 aliphatic rings. The molecule has 94 valence electrons. The third-order valence-electron chi connectivity index (χ3n) is 3.25. The van der Waals surface area contributed by atoms with Gasteiger partial charge in [-0.1, -0.05) is 29.3 Å². The molecule has 1 aromatic rings. The summed E-state index contributed by atoms with van der Waals surface area (Å²) in [7, 11) is 0. The van der Waals surface area contributed by atoms with Gasteiger partial charge in [-0.05, 0) is 42.0 Å². The van der Waals surface area contributed by atoms with Crippen molar-refractivity contribution in [2.45, 2.75) is 32.6 Å². The van der Waals surface area contributed by atoms with Crippen molar-refractivity contribution in [3.05, 3.63) is 27.7 Å². The molecule has 0 radical (unpaired) electrons. The van der Waals surface area contributed by atoms with Gasteiger partial charge >= 0.3 is 0 Å². The van der Waals surface area contributed by atoms with Gasteiger partial charge in [0, 0.05) is 16.8 Å². The topological polar surface area (TPSA) is 9.23 Å². The average Bonchev–Trinajstić information content (AvgIpc) is 2.76. The molecule has 1 unspecified atom stereocenters. The van der Waals surface area contributed by atoms with Crippen LogP contribution < -0.4 is 4.74 Å². The zero-order valence-electron chi connectivity index (χ0n) is 10.1. The molecule has 1 heterocycles. The smallest absolute Gasteiger partial charge is 0.125 e. The standard InChI is InChI=1S/C14H18BrClO/c1-2-3-10(9-16)6-12-8-13(15)7-11-4-5-17-14(11)12/h7-8,10H,2-6,9H2,1H3. The Labute approximate surface area is 117 Å². The molecule has 0 aromatic heterocycles. The Kier molecular flexibility index (Phi) is 4.75. The molecule has 2 rings (SSSR count). The maximum atomic E-state index is 6.03. The number of halogens is 2. The SMILES string of the molecule is CCCC(CCl)Cc1cc(Br)cc2c1OCC2. The van der Waals surface area contributed by atoms with Crippen molar-refractivity contribution >= 4 is 27.5 Å². The molecule has 0 N–H and O–H groups in total. The summed E-state index contributed by atoms with van der Waals surface area (Å²) < 4.78 is 6.90. The normalized spacial score (nSPS) is 15.5. The fourth-order valence-corrected chi connectivity index (χ4v) is 3.27. The van der Waals surface area contributed by atoms with Crippen molar-refractivity contribution in [3.63, 3.8) is 0 Å². The number of ether oxygens (including phenoxy) is 1. The third kappa shape index (κ3) is 3.17. The number of alkyl halides is 1. The van der Waals surface area contributed by atoms with Crippen molar-refractivity contribution in [2.75, 3.05) is 12.5 Å². The Morgan fingerprint density at radius 2 is 2.29 bits per heavy atom. The van der Waals surface area contributed by atoms with E-state index in [9.17, 15) is 0 Å². The van der Waals surface area contributed by atoms with Crippen molar-refractivity contribution in [1.82, 2.24) is 0 Å². The van der Waals surface area contributed by atoms with Crippen LogP contribution in [0.15, 0.2) is 16.6 Å². The van der Waals surface area contributed by atoms with Gasteiger partial charge in [-0.25, -0.2) is 0 Å². The lowest BCUT2D eigenvalue weighted by Crippen LogP contribution is -2.07. The Balaban J connectivity index is 2.20. The molecule has 0 aliphatic carbocycles. The molecular formula is C14H18BrClO. The van der Waals surface area contributed by atoms with Crippen LogP contribution in [0.5, 0.6) is 5.75 Å². The number of hydrogen-bond acceptors (Lipinski definition) is 1.